The largest absolute Gasteiger partial charge is 0.502 e. The second kappa shape index (κ2) is 4.58. The Morgan fingerprint density at radius 2 is 1.71 bits per heavy atom. The Morgan fingerprint density at radius 3 is 2.00 bits per heavy atom. The minimum absolute atomic E-state index is 0.0536. The molecular formula is C11H22O2S. The normalized spacial score (nSPS) is 13.4. The molecule has 0 aliphatic heterocycles. The summed E-state index contributed by atoms with van der Waals surface area (Å²) in [6, 6.07) is 0. The van der Waals surface area contributed by atoms with Crippen LogP contribution in [-0.2, 0) is 4.74 Å². The molecule has 2 nitrogen and oxygen atoms in total. The second-order valence-electron chi connectivity index (χ2n) is 5.29. The first-order valence-corrected chi connectivity index (χ1v) is 5.39. The lowest BCUT2D eigenvalue weighted by Gasteiger charge is -2.34. The fourth-order valence-corrected chi connectivity index (χ4v) is 1.89. The molecule has 0 bridgehead atoms. The summed E-state index contributed by atoms with van der Waals surface area (Å²) < 4.78 is 5.75. The molecule has 0 saturated carbocycles. The highest BCUT2D eigenvalue weighted by Gasteiger charge is 2.33. The van der Waals surface area contributed by atoms with Gasteiger partial charge >= 0.3 is 0 Å². The smallest absolute Gasteiger partial charge is 0.162 e. The number of thiocarbonyl (C=S) groups is 1. The van der Waals surface area contributed by atoms with Crippen LogP contribution in [0.3, 0.4) is 0 Å². The van der Waals surface area contributed by atoms with Crippen LogP contribution in [0, 0.1) is 5.41 Å². The van der Waals surface area contributed by atoms with E-state index in [0.29, 0.717) is 6.42 Å². The third kappa shape index (κ3) is 4.91. The van der Waals surface area contributed by atoms with E-state index in [4.69, 9.17) is 17.0 Å². The van der Waals surface area contributed by atoms with E-state index in [1.807, 2.05) is 41.5 Å². The highest BCUT2D eigenvalue weighted by atomic mass is 32.1. The molecule has 0 rings (SSSR count). The van der Waals surface area contributed by atoms with Gasteiger partial charge in [-0.15, -0.1) is 0 Å². The van der Waals surface area contributed by atoms with Gasteiger partial charge in [-0.2, -0.15) is 0 Å². The molecule has 0 heterocycles. The van der Waals surface area contributed by atoms with Crippen LogP contribution in [0.15, 0.2) is 0 Å². The minimum Gasteiger partial charge on any atom is -0.502 e. The van der Waals surface area contributed by atoms with Crippen molar-refractivity contribution in [3.63, 3.8) is 0 Å². The summed E-state index contributed by atoms with van der Waals surface area (Å²) in [5, 5.41) is 9.41. The molecule has 0 aliphatic carbocycles. The topological polar surface area (TPSA) is 29.5 Å². The standard InChI is InChI=1S/C11H22O2S/c1-8(2)13-11(5,6)7-10(3,4)9(12)14/h8H,7H2,1-6H3,(H,12,14). The summed E-state index contributed by atoms with van der Waals surface area (Å²) in [6.45, 7) is 11.9. The van der Waals surface area contributed by atoms with E-state index >= 15 is 0 Å². The molecule has 0 saturated heterocycles. The molecule has 84 valence electrons. The van der Waals surface area contributed by atoms with Crippen LogP contribution in [0.1, 0.15) is 48.0 Å². The van der Waals surface area contributed by atoms with Crippen LogP contribution in [-0.4, -0.2) is 21.9 Å². The molecule has 0 aromatic heterocycles. The van der Waals surface area contributed by atoms with Gasteiger partial charge in [-0.1, -0.05) is 13.8 Å². The van der Waals surface area contributed by atoms with Gasteiger partial charge in [0.15, 0.2) is 5.05 Å². The first kappa shape index (κ1) is 13.8. The Hall–Kier alpha value is -0.150. The predicted octanol–water partition coefficient (Wildman–Crippen LogP) is 3.49. The molecule has 3 heteroatoms. The zero-order valence-electron chi connectivity index (χ0n) is 10.0. The molecule has 1 N–H and O–H groups in total. The summed E-state index contributed by atoms with van der Waals surface area (Å²) in [7, 11) is 0. The number of ether oxygens (including phenoxy) is 1. The molecule has 0 amide bonds. The Morgan fingerprint density at radius 1 is 1.29 bits per heavy atom. The maximum absolute atomic E-state index is 9.35. The van der Waals surface area contributed by atoms with Crippen LogP contribution < -0.4 is 0 Å². The lowest BCUT2D eigenvalue weighted by molar-refractivity contribution is -0.0723. The van der Waals surface area contributed by atoms with E-state index in [1.165, 1.54) is 0 Å². The van der Waals surface area contributed by atoms with Crippen molar-refractivity contribution in [1.82, 2.24) is 0 Å². The van der Waals surface area contributed by atoms with Crippen molar-refractivity contribution < 1.29 is 9.84 Å². The van der Waals surface area contributed by atoms with E-state index < -0.39 is 0 Å². The zero-order valence-corrected chi connectivity index (χ0v) is 10.9. The van der Waals surface area contributed by atoms with E-state index in [2.05, 4.69) is 0 Å². The number of aliphatic hydroxyl groups excluding tert-OH is 1. The van der Waals surface area contributed by atoms with Crippen LogP contribution >= 0.6 is 12.2 Å². The van der Waals surface area contributed by atoms with Gasteiger partial charge in [0.05, 0.1) is 11.7 Å². The molecule has 0 atom stereocenters. The van der Waals surface area contributed by atoms with Crippen molar-refractivity contribution in [2.45, 2.75) is 59.7 Å². The van der Waals surface area contributed by atoms with Crippen molar-refractivity contribution in [2.75, 3.05) is 0 Å². The highest BCUT2D eigenvalue weighted by molar-refractivity contribution is 7.80. The summed E-state index contributed by atoms with van der Waals surface area (Å²) in [6.07, 6.45) is 0.904. The van der Waals surface area contributed by atoms with Crippen LogP contribution in [0.25, 0.3) is 0 Å². The second-order valence-corrected chi connectivity index (χ2v) is 5.68. The number of hydrogen-bond donors (Lipinski definition) is 1. The van der Waals surface area contributed by atoms with Crippen LogP contribution in [0.4, 0.5) is 0 Å². The monoisotopic (exact) mass is 218 g/mol. The van der Waals surface area contributed by atoms with Crippen molar-refractivity contribution in [3.8, 4) is 0 Å². The van der Waals surface area contributed by atoms with E-state index in [-0.39, 0.29) is 22.2 Å². The maximum Gasteiger partial charge on any atom is 0.162 e. The zero-order chi connectivity index (χ0) is 11.6. The minimum atomic E-state index is -0.367. The van der Waals surface area contributed by atoms with Gasteiger partial charge in [-0.3, -0.25) is 0 Å². The van der Waals surface area contributed by atoms with Crippen molar-refractivity contribution in [2.24, 2.45) is 5.41 Å². The lowest BCUT2D eigenvalue weighted by Crippen LogP contribution is -2.37. The first-order valence-electron chi connectivity index (χ1n) is 4.98. The fourth-order valence-electron chi connectivity index (χ4n) is 1.82. The third-order valence-corrected chi connectivity index (χ3v) is 2.55. The Bertz CT molecular complexity index is 207. The van der Waals surface area contributed by atoms with Gasteiger partial charge < -0.3 is 9.84 Å². The quantitative estimate of drug-likeness (QED) is 0.716. The van der Waals surface area contributed by atoms with E-state index in [0.717, 1.165) is 0 Å². The average molecular weight is 218 g/mol. The molecule has 0 aromatic rings. The number of hydrogen-bond acceptors (Lipinski definition) is 2. The molecule has 0 fully saturated rings. The number of aliphatic hydroxyl groups is 1. The Labute approximate surface area is 92.7 Å². The summed E-state index contributed by atoms with van der Waals surface area (Å²) in [4.78, 5) is 0. The first-order chi connectivity index (χ1) is 6.07. The van der Waals surface area contributed by atoms with E-state index in [9.17, 15) is 5.11 Å². The summed E-state index contributed by atoms with van der Waals surface area (Å²) in [5.74, 6) is 0. The van der Waals surface area contributed by atoms with Gasteiger partial charge in [-0.25, -0.2) is 0 Å². The number of rotatable bonds is 5. The van der Waals surface area contributed by atoms with Crippen molar-refractivity contribution >= 4 is 17.3 Å². The van der Waals surface area contributed by atoms with Gasteiger partial charge in [-0.05, 0) is 46.3 Å². The maximum atomic E-state index is 9.35. The average Bonchev–Trinajstić information content (AvgIpc) is 1.79. The van der Waals surface area contributed by atoms with Gasteiger partial charge in [0.1, 0.15) is 0 Å². The SMILES string of the molecule is CC(C)OC(C)(C)CC(C)(C)C(O)=S. The highest BCUT2D eigenvalue weighted by Crippen LogP contribution is 2.31. The van der Waals surface area contributed by atoms with Crippen LogP contribution in [0.2, 0.25) is 0 Å². The van der Waals surface area contributed by atoms with Crippen LogP contribution in [0.5, 0.6) is 0 Å². The lowest BCUT2D eigenvalue weighted by atomic mass is 9.82. The van der Waals surface area contributed by atoms with Gasteiger partial charge in [0, 0.05) is 5.41 Å². The summed E-state index contributed by atoms with van der Waals surface area (Å²) >= 11 is 4.81. The molecule has 0 aliphatic rings. The molecule has 0 radical (unpaired) electrons. The predicted molar refractivity (Wildman–Crippen MR) is 63.9 cm³/mol. The fraction of sp³-hybridized carbons (Fsp3) is 0.909. The van der Waals surface area contributed by atoms with Crippen molar-refractivity contribution in [3.05, 3.63) is 0 Å². The Balaban J connectivity index is 4.42. The van der Waals surface area contributed by atoms with Gasteiger partial charge in [0.2, 0.25) is 0 Å². The molecule has 0 spiro atoms. The molecule has 0 unspecified atom stereocenters. The van der Waals surface area contributed by atoms with Gasteiger partial charge in [0.25, 0.3) is 0 Å². The molecule has 0 aromatic carbocycles. The summed E-state index contributed by atoms with van der Waals surface area (Å²) in [5.41, 5.74) is -0.627. The molecular weight excluding hydrogens is 196 g/mol. The van der Waals surface area contributed by atoms with E-state index in [1.54, 1.807) is 0 Å². The molecule has 14 heavy (non-hydrogen) atoms. The third-order valence-electron chi connectivity index (χ3n) is 2.00. The Kier molecular flexibility index (Phi) is 4.53. The van der Waals surface area contributed by atoms with Crippen molar-refractivity contribution in [1.29, 1.82) is 0 Å².